The Kier molecular flexibility index (Phi) is 10.1. The summed E-state index contributed by atoms with van der Waals surface area (Å²) in [6.07, 6.45) is 2.04. The van der Waals surface area contributed by atoms with Crippen LogP contribution in [0, 0.1) is 6.92 Å². The van der Waals surface area contributed by atoms with E-state index in [-0.39, 0.29) is 30.4 Å². The van der Waals surface area contributed by atoms with E-state index in [9.17, 15) is 19.2 Å². The van der Waals surface area contributed by atoms with Gasteiger partial charge in [-0.2, -0.15) is 15.0 Å². The number of carbonyl (C=O) groups is 3. The molecule has 0 atom stereocenters. The van der Waals surface area contributed by atoms with Gasteiger partial charge in [0.2, 0.25) is 17.3 Å². The zero-order chi connectivity index (χ0) is 32.5. The second kappa shape index (κ2) is 14.8. The number of hydrogen-bond acceptors (Lipinski definition) is 9. The van der Waals surface area contributed by atoms with Crippen LogP contribution in [0.25, 0.3) is 11.1 Å². The second-order valence-electron chi connectivity index (χ2n) is 10.1. The standard InChI is InChI=1S/C31H28ClN9O5/c1-18-36-27(32)40-28(37-18)41-30(44)38-22-5-3-19(4-6-22)16-34-29(43)33-11-2-12-46-31(45)39-24-8-10-26-21(15-24)13-20-14-23(35-17-42)7-9-25(20)26/h3-10,14-15H,2,11-13,16H2,1H3,(H,39,45)(H2,33,34,43)(H2,36,37,38,40,41,44). The number of carbonyl (C=O) groups excluding carboxylic acids is 4. The van der Waals surface area contributed by atoms with E-state index in [2.05, 4.69) is 46.5 Å². The summed E-state index contributed by atoms with van der Waals surface area (Å²) < 4.78 is 5.24. The van der Waals surface area contributed by atoms with Crippen molar-refractivity contribution in [2.75, 3.05) is 29.1 Å². The topological polar surface area (TPSA) is 189 Å². The quantitative estimate of drug-likeness (QED) is 0.0755. The molecule has 46 heavy (non-hydrogen) atoms. The minimum atomic E-state index is -0.594. The maximum Gasteiger partial charge on any atom is 0.411 e. The first kappa shape index (κ1) is 31.6. The van der Waals surface area contributed by atoms with E-state index in [1.54, 1.807) is 49.4 Å². The number of rotatable bonds is 10. The number of nitrogens with zero attached hydrogens (tertiary/aromatic N) is 4. The van der Waals surface area contributed by atoms with Crippen LogP contribution >= 0.6 is 11.6 Å². The minimum Gasteiger partial charge on any atom is -0.449 e. The van der Waals surface area contributed by atoms with Gasteiger partial charge in [-0.05, 0) is 95.6 Å². The van der Waals surface area contributed by atoms with Crippen molar-refractivity contribution in [1.82, 2.24) is 25.6 Å². The van der Waals surface area contributed by atoms with Crippen molar-refractivity contribution in [3.05, 3.63) is 88.5 Å². The lowest BCUT2D eigenvalue weighted by Crippen LogP contribution is -2.36. The van der Waals surface area contributed by atoms with Crippen LogP contribution in [0.3, 0.4) is 0 Å². The lowest BCUT2D eigenvalue weighted by Gasteiger charge is -2.10. The number of benzene rings is 3. The van der Waals surface area contributed by atoms with Gasteiger partial charge in [0.25, 0.3) is 0 Å². The van der Waals surface area contributed by atoms with Gasteiger partial charge in [0, 0.05) is 24.5 Å². The fourth-order valence-corrected chi connectivity index (χ4v) is 4.91. The Hall–Kier alpha value is -5.85. The first-order chi connectivity index (χ1) is 22.2. The molecule has 0 aliphatic heterocycles. The highest BCUT2D eigenvalue weighted by Crippen LogP contribution is 2.39. The molecule has 15 heteroatoms. The Morgan fingerprint density at radius 1 is 0.870 bits per heavy atom. The van der Waals surface area contributed by atoms with Gasteiger partial charge in [-0.25, -0.2) is 24.2 Å². The minimum absolute atomic E-state index is 0.0241. The summed E-state index contributed by atoms with van der Waals surface area (Å²) in [6, 6.07) is 17.1. The number of hydrogen-bond donors (Lipinski definition) is 5. The summed E-state index contributed by atoms with van der Waals surface area (Å²) in [5, 5.41) is 13.3. The number of aliphatic imine (C=N–C) groups is 1. The van der Waals surface area contributed by atoms with E-state index in [0.29, 0.717) is 42.3 Å². The van der Waals surface area contributed by atoms with Crippen LogP contribution in [0.2, 0.25) is 5.28 Å². The number of halogens is 1. The SMILES string of the molecule is Cc1nc(Cl)nc(NC(=O)Nc2ccc(CNC(=O)NCCCOC(=O)Nc3ccc4c(c3)Cc3cc(N=C=O)ccc3-4)cc2)n1. The summed E-state index contributed by atoms with van der Waals surface area (Å²) in [4.78, 5) is 62.5. The number of aryl methyl sites for hydroxylation is 1. The number of anilines is 3. The molecular weight excluding hydrogens is 614 g/mol. The van der Waals surface area contributed by atoms with Crippen molar-refractivity contribution in [3.63, 3.8) is 0 Å². The van der Waals surface area contributed by atoms with Crippen LogP contribution < -0.4 is 26.6 Å². The summed E-state index contributed by atoms with van der Waals surface area (Å²) in [6.45, 7) is 2.31. The van der Waals surface area contributed by atoms with Gasteiger partial charge in [-0.1, -0.05) is 24.3 Å². The Bertz CT molecular complexity index is 1810. The van der Waals surface area contributed by atoms with Crippen molar-refractivity contribution in [3.8, 4) is 11.1 Å². The lowest BCUT2D eigenvalue weighted by molar-refractivity contribution is 0.160. The molecule has 0 saturated heterocycles. The fraction of sp³-hybridized carbons (Fsp3) is 0.194. The van der Waals surface area contributed by atoms with Crippen LogP contribution in [0.5, 0.6) is 0 Å². The van der Waals surface area contributed by atoms with Crippen LogP contribution in [0.4, 0.5) is 37.4 Å². The van der Waals surface area contributed by atoms with Gasteiger partial charge in [-0.15, -0.1) is 0 Å². The summed E-state index contributed by atoms with van der Waals surface area (Å²) >= 11 is 5.78. The van der Waals surface area contributed by atoms with E-state index in [1.807, 2.05) is 24.3 Å². The lowest BCUT2D eigenvalue weighted by atomic mass is 10.1. The first-order valence-corrected chi connectivity index (χ1v) is 14.5. The second-order valence-corrected chi connectivity index (χ2v) is 10.4. The summed E-state index contributed by atoms with van der Waals surface area (Å²) in [7, 11) is 0. The molecule has 5 amide bonds. The zero-order valence-electron chi connectivity index (χ0n) is 24.5. The predicted molar refractivity (Wildman–Crippen MR) is 171 cm³/mol. The Morgan fingerprint density at radius 3 is 2.37 bits per heavy atom. The van der Waals surface area contributed by atoms with E-state index < -0.39 is 12.1 Å². The number of isocyanates is 1. The fourth-order valence-electron chi connectivity index (χ4n) is 4.71. The van der Waals surface area contributed by atoms with Crippen LogP contribution in [-0.4, -0.2) is 52.3 Å². The average molecular weight is 642 g/mol. The molecule has 0 fully saturated rings. The molecule has 1 heterocycles. The van der Waals surface area contributed by atoms with E-state index in [1.165, 1.54) is 0 Å². The van der Waals surface area contributed by atoms with Crippen molar-refractivity contribution < 1.29 is 23.9 Å². The monoisotopic (exact) mass is 641 g/mol. The highest BCUT2D eigenvalue weighted by molar-refractivity contribution is 6.28. The third-order valence-corrected chi connectivity index (χ3v) is 6.91. The van der Waals surface area contributed by atoms with Gasteiger partial charge in [0.05, 0.1) is 12.3 Å². The van der Waals surface area contributed by atoms with Crippen LogP contribution in [-0.2, 0) is 22.5 Å². The highest BCUT2D eigenvalue weighted by atomic mass is 35.5. The van der Waals surface area contributed by atoms with Gasteiger partial charge in [0.1, 0.15) is 5.82 Å². The smallest absolute Gasteiger partial charge is 0.411 e. The molecule has 14 nitrogen and oxygen atoms in total. The average Bonchev–Trinajstić information content (AvgIpc) is 3.37. The molecule has 0 saturated carbocycles. The molecule has 0 spiro atoms. The van der Waals surface area contributed by atoms with Gasteiger partial charge in [0.15, 0.2) is 0 Å². The first-order valence-electron chi connectivity index (χ1n) is 14.1. The number of aromatic nitrogens is 3. The molecule has 4 aromatic rings. The summed E-state index contributed by atoms with van der Waals surface area (Å²) in [5.74, 6) is 0.403. The summed E-state index contributed by atoms with van der Waals surface area (Å²) in [5.41, 5.74) is 6.72. The molecule has 1 aliphatic carbocycles. The van der Waals surface area contributed by atoms with Crippen molar-refractivity contribution in [2.24, 2.45) is 4.99 Å². The predicted octanol–water partition coefficient (Wildman–Crippen LogP) is 5.45. The molecular formula is C31H28ClN9O5. The molecule has 3 aromatic carbocycles. The number of nitrogens with one attached hydrogen (secondary N) is 5. The van der Waals surface area contributed by atoms with E-state index >= 15 is 0 Å². The highest BCUT2D eigenvalue weighted by Gasteiger charge is 2.19. The van der Waals surface area contributed by atoms with Crippen LogP contribution in [0.15, 0.2) is 65.7 Å². The zero-order valence-corrected chi connectivity index (χ0v) is 25.3. The third-order valence-electron chi connectivity index (χ3n) is 6.74. The molecule has 234 valence electrons. The molecule has 1 aromatic heterocycles. The Morgan fingerprint density at radius 2 is 1.61 bits per heavy atom. The Labute approximate surface area is 268 Å². The van der Waals surface area contributed by atoms with Crippen molar-refractivity contribution in [1.29, 1.82) is 0 Å². The molecule has 5 rings (SSSR count). The molecule has 0 unspecified atom stereocenters. The number of fused-ring (bicyclic) bond motifs is 3. The van der Waals surface area contributed by atoms with Crippen molar-refractivity contribution in [2.45, 2.75) is 26.3 Å². The van der Waals surface area contributed by atoms with Gasteiger partial charge < -0.3 is 20.7 Å². The number of urea groups is 2. The van der Waals surface area contributed by atoms with E-state index in [0.717, 1.165) is 27.8 Å². The molecule has 1 aliphatic rings. The normalized spacial score (nSPS) is 10.9. The van der Waals surface area contributed by atoms with Crippen molar-refractivity contribution >= 4 is 58.8 Å². The van der Waals surface area contributed by atoms with Crippen LogP contribution in [0.1, 0.15) is 28.9 Å². The van der Waals surface area contributed by atoms with E-state index in [4.69, 9.17) is 16.3 Å². The maximum absolute atomic E-state index is 12.3. The largest absolute Gasteiger partial charge is 0.449 e. The molecule has 0 bridgehead atoms. The maximum atomic E-state index is 12.3. The van der Waals surface area contributed by atoms with Gasteiger partial charge in [-0.3, -0.25) is 10.6 Å². The molecule has 5 N–H and O–H groups in total. The van der Waals surface area contributed by atoms with Gasteiger partial charge >= 0.3 is 18.2 Å². The number of amides is 5. The number of ether oxygens (including phenoxy) is 1. The third kappa shape index (κ3) is 8.62. The Balaban J connectivity index is 0.960. The molecule has 0 radical (unpaired) electrons.